The van der Waals surface area contributed by atoms with Crippen LogP contribution >= 0.6 is 0 Å². The summed E-state index contributed by atoms with van der Waals surface area (Å²) >= 11 is 0. The van der Waals surface area contributed by atoms with Crippen LogP contribution in [0.15, 0.2) is 34.7 Å². The van der Waals surface area contributed by atoms with Gasteiger partial charge in [0.2, 0.25) is 6.10 Å². The number of ketones is 2. The minimum absolute atomic E-state index is 0.122. The molecule has 0 aromatic carbocycles. The number of furan rings is 1. The third-order valence-electron chi connectivity index (χ3n) is 9.90. The van der Waals surface area contributed by atoms with Gasteiger partial charge in [-0.15, -0.1) is 0 Å². The van der Waals surface area contributed by atoms with E-state index in [1.54, 1.807) is 45.4 Å². The van der Waals surface area contributed by atoms with Crippen molar-refractivity contribution in [2.75, 3.05) is 7.11 Å². The highest BCUT2D eigenvalue weighted by molar-refractivity contribution is 6.13. The van der Waals surface area contributed by atoms with Gasteiger partial charge in [-0.3, -0.25) is 19.2 Å². The number of hydrogen-bond acceptors (Lipinski definition) is 9. The lowest BCUT2D eigenvalue weighted by molar-refractivity contribution is -0.196. The van der Waals surface area contributed by atoms with Gasteiger partial charge in [0.1, 0.15) is 6.10 Å². The van der Waals surface area contributed by atoms with E-state index in [1.165, 1.54) is 14.0 Å². The molecule has 4 aliphatic rings. The number of fused-ring (bicyclic) bond motifs is 6. The molecule has 2 saturated carbocycles. The number of methoxy groups -OCH3 is 1. The molecule has 2 bridgehead atoms. The average Bonchev–Trinajstić information content (AvgIpc) is 3.38. The fraction of sp³-hybridized carbons (Fsp3) is 0.621. The summed E-state index contributed by atoms with van der Waals surface area (Å²) in [6, 6.07) is 1.79. The van der Waals surface area contributed by atoms with Gasteiger partial charge in [0.05, 0.1) is 32.0 Å². The molecule has 5 rings (SSSR count). The van der Waals surface area contributed by atoms with Crippen LogP contribution in [0.3, 0.4) is 0 Å². The van der Waals surface area contributed by atoms with E-state index in [-0.39, 0.29) is 35.8 Å². The number of cyclic esters (lactones) is 1. The lowest BCUT2D eigenvalue weighted by Gasteiger charge is -2.62. The highest BCUT2D eigenvalue weighted by Crippen LogP contribution is 2.67. The van der Waals surface area contributed by atoms with Crippen LogP contribution in [0.4, 0.5) is 0 Å². The van der Waals surface area contributed by atoms with E-state index < -0.39 is 52.2 Å². The van der Waals surface area contributed by atoms with E-state index in [0.29, 0.717) is 12.8 Å². The van der Waals surface area contributed by atoms with Crippen LogP contribution in [0.2, 0.25) is 0 Å². The number of carbonyl (C=O) groups excluding carboxylic acids is 5. The molecule has 0 N–H and O–H groups in total. The zero-order valence-corrected chi connectivity index (χ0v) is 22.6. The first-order valence-electron chi connectivity index (χ1n) is 13.0. The van der Waals surface area contributed by atoms with Gasteiger partial charge in [-0.25, -0.2) is 4.79 Å². The first kappa shape index (κ1) is 26.4. The Bertz CT molecular complexity index is 1240. The van der Waals surface area contributed by atoms with Crippen LogP contribution in [-0.4, -0.2) is 42.7 Å². The maximum absolute atomic E-state index is 14.1. The minimum atomic E-state index is -1.44. The molecule has 9 heteroatoms. The van der Waals surface area contributed by atoms with Gasteiger partial charge in [0, 0.05) is 34.7 Å². The topological polar surface area (TPSA) is 126 Å². The van der Waals surface area contributed by atoms with Crippen LogP contribution in [0, 0.1) is 39.9 Å². The Labute approximate surface area is 221 Å². The van der Waals surface area contributed by atoms with Crippen molar-refractivity contribution >= 4 is 29.5 Å². The van der Waals surface area contributed by atoms with Crippen LogP contribution in [0.25, 0.3) is 0 Å². The summed E-state index contributed by atoms with van der Waals surface area (Å²) in [7, 11) is 1.19. The molecule has 8 atom stereocenters. The Kier molecular flexibility index (Phi) is 6.00. The van der Waals surface area contributed by atoms with Crippen LogP contribution in [0.5, 0.6) is 0 Å². The Hall–Kier alpha value is -3.23. The molecule has 0 amide bonds. The van der Waals surface area contributed by atoms with Crippen LogP contribution in [-0.2, 0) is 38.2 Å². The van der Waals surface area contributed by atoms with Crippen molar-refractivity contribution < 1.29 is 42.6 Å². The zero-order valence-electron chi connectivity index (χ0n) is 22.6. The minimum Gasteiger partial charge on any atom is -0.472 e. The molecule has 204 valence electrons. The van der Waals surface area contributed by atoms with E-state index >= 15 is 0 Å². The fourth-order valence-electron chi connectivity index (χ4n) is 8.20. The summed E-state index contributed by atoms with van der Waals surface area (Å²) < 4.78 is 21.6. The summed E-state index contributed by atoms with van der Waals surface area (Å²) in [6.45, 7) is 8.45. The number of esters is 3. The van der Waals surface area contributed by atoms with Crippen molar-refractivity contribution in [3.8, 4) is 0 Å². The van der Waals surface area contributed by atoms with Crippen molar-refractivity contribution in [3.05, 3.63) is 35.8 Å². The second-order valence-electron chi connectivity index (χ2n) is 12.2. The molecular weight excluding hydrogens is 492 g/mol. The summed E-state index contributed by atoms with van der Waals surface area (Å²) in [6.07, 6.45) is 4.24. The maximum atomic E-state index is 14.1. The molecule has 1 unspecified atom stereocenters. The third kappa shape index (κ3) is 3.46. The normalized spacial score (nSPS) is 38.2. The number of hydrogen-bond donors (Lipinski definition) is 0. The molecule has 3 aliphatic carbocycles. The first-order valence-corrected chi connectivity index (χ1v) is 13.0. The predicted octanol–water partition coefficient (Wildman–Crippen LogP) is 3.76. The van der Waals surface area contributed by atoms with E-state index in [4.69, 9.17) is 18.6 Å². The van der Waals surface area contributed by atoms with Gasteiger partial charge in [-0.2, -0.15) is 0 Å². The Morgan fingerprint density at radius 2 is 1.79 bits per heavy atom. The molecule has 1 saturated heterocycles. The van der Waals surface area contributed by atoms with Crippen molar-refractivity contribution in [1.82, 2.24) is 0 Å². The van der Waals surface area contributed by atoms with Crippen molar-refractivity contribution in [2.45, 2.75) is 66.1 Å². The maximum Gasteiger partial charge on any atom is 0.347 e. The molecule has 1 aromatic rings. The number of carbonyl (C=O) groups is 5. The smallest absolute Gasteiger partial charge is 0.347 e. The Balaban J connectivity index is 1.67. The predicted molar refractivity (Wildman–Crippen MR) is 131 cm³/mol. The van der Waals surface area contributed by atoms with E-state index in [1.807, 2.05) is 0 Å². The molecule has 38 heavy (non-hydrogen) atoms. The second-order valence-corrected chi connectivity index (χ2v) is 12.2. The molecule has 0 radical (unpaired) electrons. The van der Waals surface area contributed by atoms with Gasteiger partial charge >= 0.3 is 17.9 Å². The third-order valence-corrected chi connectivity index (χ3v) is 9.90. The second kappa shape index (κ2) is 8.64. The molecule has 1 aromatic heterocycles. The van der Waals surface area contributed by atoms with Gasteiger partial charge < -0.3 is 18.6 Å². The molecule has 1 aliphatic heterocycles. The summed E-state index contributed by atoms with van der Waals surface area (Å²) in [5.74, 6) is -5.11. The summed E-state index contributed by atoms with van der Waals surface area (Å²) in [5.41, 5.74) is -1.24. The van der Waals surface area contributed by atoms with Gasteiger partial charge in [0.25, 0.3) is 0 Å². The Morgan fingerprint density at radius 1 is 1.08 bits per heavy atom. The first-order chi connectivity index (χ1) is 17.8. The van der Waals surface area contributed by atoms with Crippen LogP contribution in [0.1, 0.15) is 65.5 Å². The highest BCUT2D eigenvalue weighted by atomic mass is 16.6. The molecule has 0 spiro atoms. The summed E-state index contributed by atoms with van der Waals surface area (Å²) in [5, 5.41) is 0. The van der Waals surface area contributed by atoms with Crippen molar-refractivity contribution in [2.24, 2.45) is 39.9 Å². The van der Waals surface area contributed by atoms with Gasteiger partial charge in [-0.1, -0.05) is 39.3 Å². The highest BCUT2D eigenvalue weighted by Gasteiger charge is 2.70. The van der Waals surface area contributed by atoms with E-state index in [0.717, 1.165) is 11.1 Å². The average molecular weight is 527 g/mol. The monoisotopic (exact) mass is 526 g/mol. The van der Waals surface area contributed by atoms with Crippen molar-refractivity contribution in [3.63, 3.8) is 0 Å². The number of allylic oxidation sites excluding steroid dienone is 2. The van der Waals surface area contributed by atoms with E-state index in [2.05, 4.69) is 6.92 Å². The number of rotatable bonds is 4. The zero-order chi connectivity index (χ0) is 27.8. The Morgan fingerprint density at radius 3 is 2.39 bits per heavy atom. The number of Topliss-reactive ketones (excluding diaryl/α,β-unsaturated/α-hetero) is 2. The number of ether oxygens (including phenoxy) is 3. The molecule has 3 fully saturated rings. The largest absolute Gasteiger partial charge is 0.472 e. The van der Waals surface area contributed by atoms with Gasteiger partial charge in [0.15, 0.2) is 11.6 Å². The lowest BCUT2D eigenvalue weighted by atomic mass is 9.40. The fourth-order valence-corrected chi connectivity index (χ4v) is 8.20. The lowest BCUT2D eigenvalue weighted by Crippen LogP contribution is -2.68. The van der Waals surface area contributed by atoms with E-state index in [9.17, 15) is 24.0 Å². The standard InChI is InChI=1S/C29H34O9/c1-14(30)37-21(26(34)35-6)22-27(2,3)23(32)17-11-16-18(29(22,5)24(17)33)7-9-28(4)19(16)12-20(31)38-25(28)15-8-10-36-13-15/h8,10-11,13,17-19,21-22,25H,7,9,12H2,1-6H3/t17?,18-,19-,21-,22-,25-,28+,29+/m0/s1. The molecule has 9 nitrogen and oxygen atoms in total. The molecule has 2 heterocycles. The quantitative estimate of drug-likeness (QED) is 0.249. The SMILES string of the molecule is COC(=O)[C@@H](OC(C)=O)[C@H]1C(C)(C)C(=O)C2C=C3[C@@H]4CC(=O)O[C@@H](c5ccoc5)[C@]4(C)CC[C@@H]3[C@@]1(C)C2=O. The van der Waals surface area contributed by atoms with Crippen LogP contribution < -0.4 is 0 Å². The molecular formula is C29H34O9. The summed E-state index contributed by atoms with van der Waals surface area (Å²) in [4.78, 5) is 66.0. The van der Waals surface area contributed by atoms with Gasteiger partial charge in [-0.05, 0) is 30.7 Å². The van der Waals surface area contributed by atoms with Crippen molar-refractivity contribution in [1.29, 1.82) is 0 Å².